The van der Waals surface area contributed by atoms with Crippen LogP contribution in [0.2, 0.25) is 0 Å². The molecule has 2 aliphatic rings. The van der Waals surface area contributed by atoms with E-state index in [4.69, 9.17) is 23.7 Å². The van der Waals surface area contributed by atoms with E-state index in [0.29, 0.717) is 13.2 Å². The van der Waals surface area contributed by atoms with Crippen molar-refractivity contribution >= 4 is 6.29 Å². The Morgan fingerprint density at radius 1 is 1.04 bits per heavy atom. The summed E-state index contributed by atoms with van der Waals surface area (Å²) in [6.45, 7) is 9.16. The predicted molar refractivity (Wildman–Crippen MR) is 84.1 cm³/mol. The van der Waals surface area contributed by atoms with Gasteiger partial charge >= 0.3 is 0 Å². The van der Waals surface area contributed by atoms with E-state index in [2.05, 4.69) is 13.8 Å². The second-order valence-corrected chi connectivity index (χ2v) is 6.71. The summed E-state index contributed by atoms with van der Waals surface area (Å²) < 4.78 is 29.2. The normalized spacial score (nSPS) is 35.4. The van der Waals surface area contributed by atoms with Gasteiger partial charge in [0.1, 0.15) is 12.2 Å². The van der Waals surface area contributed by atoms with Crippen LogP contribution in [-0.2, 0) is 28.5 Å². The van der Waals surface area contributed by atoms with Crippen molar-refractivity contribution in [1.82, 2.24) is 0 Å². The second kappa shape index (κ2) is 8.03. The molecule has 2 unspecified atom stereocenters. The molecule has 2 aliphatic heterocycles. The molecule has 2 heterocycles. The van der Waals surface area contributed by atoms with Crippen molar-refractivity contribution in [2.45, 2.75) is 83.3 Å². The molecule has 0 aromatic carbocycles. The first-order valence-corrected chi connectivity index (χ1v) is 8.67. The van der Waals surface area contributed by atoms with Crippen molar-refractivity contribution in [2.75, 3.05) is 19.8 Å². The molecule has 0 aromatic heterocycles. The predicted octanol–water partition coefficient (Wildman–Crippen LogP) is 2.43. The van der Waals surface area contributed by atoms with Gasteiger partial charge in [0.25, 0.3) is 0 Å². The van der Waals surface area contributed by atoms with Crippen molar-refractivity contribution in [2.24, 2.45) is 0 Å². The van der Waals surface area contributed by atoms with E-state index in [1.807, 2.05) is 13.8 Å². The van der Waals surface area contributed by atoms with E-state index in [-0.39, 0.29) is 6.61 Å². The SMILES string of the molecule is CCCCOC[C@@]1(C=O)O[C@@H]2OC(C)(C)OC2C1OCCCC. The fraction of sp³-hybridized carbons (Fsp3) is 0.941. The number of hydrogen-bond donors (Lipinski definition) is 0. The number of carbonyl (C=O) groups excluding carboxylic acids is 1. The highest BCUT2D eigenvalue weighted by molar-refractivity contribution is 5.65. The third kappa shape index (κ3) is 4.31. The number of hydrogen-bond acceptors (Lipinski definition) is 6. The molecule has 6 nitrogen and oxygen atoms in total. The summed E-state index contributed by atoms with van der Waals surface area (Å²) in [5.41, 5.74) is -1.16. The van der Waals surface area contributed by atoms with Crippen LogP contribution in [0.1, 0.15) is 53.4 Å². The molecule has 0 spiro atoms. The highest BCUT2D eigenvalue weighted by atomic mass is 16.8. The van der Waals surface area contributed by atoms with Gasteiger partial charge in [0.2, 0.25) is 0 Å². The number of ether oxygens (including phenoxy) is 5. The average molecular weight is 330 g/mol. The largest absolute Gasteiger partial charge is 0.378 e. The number of carbonyl (C=O) groups is 1. The molecular weight excluding hydrogens is 300 g/mol. The molecule has 2 fully saturated rings. The Kier molecular flexibility index (Phi) is 6.57. The Balaban J connectivity index is 2.07. The summed E-state index contributed by atoms with van der Waals surface area (Å²) in [5, 5.41) is 0. The molecule has 2 saturated heterocycles. The quantitative estimate of drug-likeness (QED) is 0.453. The Morgan fingerprint density at radius 3 is 2.39 bits per heavy atom. The summed E-state index contributed by atoms with van der Waals surface area (Å²) >= 11 is 0. The van der Waals surface area contributed by atoms with E-state index in [1.54, 1.807) is 0 Å². The summed E-state index contributed by atoms with van der Waals surface area (Å²) in [7, 11) is 0. The Morgan fingerprint density at radius 2 is 1.74 bits per heavy atom. The van der Waals surface area contributed by atoms with Gasteiger partial charge in [0, 0.05) is 13.2 Å². The molecule has 134 valence electrons. The lowest BCUT2D eigenvalue weighted by molar-refractivity contribution is -0.244. The number of rotatable bonds is 10. The molecular formula is C17H30O6. The lowest BCUT2D eigenvalue weighted by atomic mass is 9.97. The van der Waals surface area contributed by atoms with Gasteiger partial charge < -0.3 is 23.7 Å². The van der Waals surface area contributed by atoms with Crippen LogP contribution < -0.4 is 0 Å². The minimum absolute atomic E-state index is 0.160. The van der Waals surface area contributed by atoms with Gasteiger partial charge in [-0.1, -0.05) is 26.7 Å². The first kappa shape index (κ1) is 18.8. The molecule has 23 heavy (non-hydrogen) atoms. The lowest BCUT2D eigenvalue weighted by Gasteiger charge is -2.32. The smallest absolute Gasteiger partial charge is 0.191 e. The van der Waals surface area contributed by atoms with Crippen molar-refractivity contribution in [3.05, 3.63) is 0 Å². The van der Waals surface area contributed by atoms with E-state index in [0.717, 1.165) is 32.0 Å². The zero-order chi connectivity index (χ0) is 16.9. The molecule has 0 bridgehead atoms. The van der Waals surface area contributed by atoms with E-state index in [9.17, 15) is 4.79 Å². The minimum Gasteiger partial charge on any atom is -0.378 e. The second-order valence-electron chi connectivity index (χ2n) is 6.71. The van der Waals surface area contributed by atoms with Crippen LogP contribution in [-0.4, -0.2) is 56.0 Å². The molecule has 0 N–H and O–H groups in total. The summed E-state index contributed by atoms with van der Waals surface area (Å²) in [5.74, 6) is -0.736. The van der Waals surface area contributed by atoms with Gasteiger partial charge in [-0.2, -0.15) is 0 Å². The van der Waals surface area contributed by atoms with Gasteiger partial charge in [0.05, 0.1) is 6.61 Å². The standard InChI is InChI=1S/C17H30O6/c1-5-7-9-19-12-17(11-18)14(20-10-8-6-2)13-15(23-17)22-16(3,4)21-13/h11,13-15H,5-10,12H2,1-4H3/t13?,14?,15-,17+/m0/s1. The average Bonchev–Trinajstić information content (AvgIpc) is 2.94. The van der Waals surface area contributed by atoms with Gasteiger partial charge in [-0.3, -0.25) is 4.79 Å². The van der Waals surface area contributed by atoms with E-state index in [1.165, 1.54) is 0 Å². The highest BCUT2D eigenvalue weighted by Gasteiger charge is 2.63. The lowest BCUT2D eigenvalue weighted by Crippen LogP contribution is -2.51. The topological polar surface area (TPSA) is 63.2 Å². The van der Waals surface area contributed by atoms with Crippen LogP contribution in [0, 0.1) is 0 Å². The Bertz CT molecular complexity index is 385. The summed E-state index contributed by atoms with van der Waals surface area (Å²) in [4.78, 5) is 11.8. The molecule has 0 amide bonds. The molecule has 4 atom stereocenters. The van der Waals surface area contributed by atoms with Gasteiger partial charge in [-0.25, -0.2) is 0 Å². The monoisotopic (exact) mass is 330 g/mol. The number of unbranched alkanes of at least 4 members (excludes halogenated alkanes) is 2. The molecule has 0 aliphatic carbocycles. The number of aldehydes is 1. The maximum Gasteiger partial charge on any atom is 0.191 e. The third-order valence-electron chi connectivity index (χ3n) is 4.17. The summed E-state index contributed by atoms with van der Waals surface area (Å²) in [6.07, 6.45) is 3.18. The fourth-order valence-electron chi connectivity index (χ4n) is 2.93. The zero-order valence-corrected chi connectivity index (χ0v) is 14.7. The van der Waals surface area contributed by atoms with E-state index < -0.39 is 29.9 Å². The maximum atomic E-state index is 11.8. The van der Waals surface area contributed by atoms with Crippen molar-refractivity contribution in [3.8, 4) is 0 Å². The summed E-state index contributed by atoms with van der Waals surface area (Å²) in [6, 6.07) is 0. The van der Waals surface area contributed by atoms with Crippen LogP contribution >= 0.6 is 0 Å². The minimum atomic E-state index is -1.16. The highest BCUT2D eigenvalue weighted by Crippen LogP contribution is 2.43. The fourth-order valence-corrected chi connectivity index (χ4v) is 2.93. The van der Waals surface area contributed by atoms with E-state index >= 15 is 0 Å². The molecule has 6 heteroatoms. The zero-order valence-electron chi connectivity index (χ0n) is 14.7. The van der Waals surface area contributed by atoms with Crippen molar-refractivity contribution in [1.29, 1.82) is 0 Å². The third-order valence-corrected chi connectivity index (χ3v) is 4.17. The van der Waals surface area contributed by atoms with Crippen LogP contribution in [0.15, 0.2) is 0 Å². The molecule has 0 radical (unpaired) electrons. The maximum absolute atomic E-state index is 11.8. The Hall–Kier alpha value is -0.530. The van der Waals surface area contributed by atoms with Crippen molar-refractivity contribution in [3.63, 3.8) is 0 Å². The van der Waals surface area contributed by atoms with Crippen LogP contribution in [0.3, 0.4) is 0 Å². The van der Waals surface area contributed by atoms with Crippen LogP contribution in [0.5, 0.6) is 0 Å². The van der Waals surface area contributed by atoms with Gasteiger partial charge in [-0.15, -0.1) is 0 Å². The number of fused-ring (bicyclic) bond motifs is 1. The first-order chi connectivity index (χ1) is 11.0. The van der Waals surface area contributed by atoms with Crippen LogP contribution in [0.4, 0.5) is 0 Å². The van der Waals surface area contributed by atoms with Gasteiger partial charge in [-0.05, 0) is 26.7 Å². The first-order valence-electron chi connectivity index (χ1n) is 8.67. The van der Waals surface area contributed by atoms with Crippen molar-refractivity contribution < 1.29 is 28.5 Å². The Labute approximate surface area is 138 Å². The molecule has 2 rings (SSSR count). The molecule has 0 aromatic rings. The van der Waals surface area contributed by atoms with Crippen LogP contribution in [0.25, 0.3) is 0 Å². The van der Waals surface area contributed by atoms with Gasteiger partial charge in [0.15, 0.2) is 24.0 Å². The molecule has 0 saturated carbocycles.